The van der Waals surface area contributed by atoms with Crippen LogP contribution in [0.1, 0.15) is 409 Å². The number of hydrogen-bond acceptors (Lipinski definition) is 3. The highest BCUT2D eigenvalue weighted by Gasteiger charge is 2.35. The van der Waals surface area contributed by atoms with Gasteiger partial charge in [-0.25, -0.2) is 8.78 Å². The zero-order valence-corrected chi connectivity index (χ0v) is 68.7. The zero-order chi connectivity index (χ0) is 73.4. The summed E-state index contributed by atoms with van der Waals surface area (Å²) < 4.78 is 29.2. The zero-order valence-electron chi connectivity index (χ0n) is 68.7. The van der Waals surface area contributed by atoms with Crippen LogP contribution in [-0.2, 0) is 54.1 Å². The molecule has 0 N–H and O–H groups in total. The molecular formula is C90H151F2N3. The third kappa shape index (κ3) is 21.2. The van der Waals surface area contributed by atoms with Crippen molar-refractivity contribution in [2.75, 3.05) is 0 Å². The summed E-state index contributed by atoms with van der Waals surface area (Å²) in [7, 11) is 0. The molecule has 0 spiro atoms. The molecule has 0 aliphatic rings. The van der Waals surface area contributed by atoms with Gasteiger partial charge in [-0.05, 0) is 267 Å². The average Bonchev–Trinajstić information content (AvgIpc) is 0.802. The quantitative estimate of drug-likeness (QED) is 0.0460. The van der Waals surface area contributed by atoms with Gasteiger partial charge in [0.25, 0.3) is 0 Å². The first kappa shape index (κ1) is 88.8. The van der Waals surface area contributed by atoms with E-state index in [1.807, 2.05) is 6.20 Å². The van der Waals surface area contributed by atoms with Crippen LogP contribution in [0.15, 0.2) is 73.2 Å². The number of hydrogen-bond donors (Lipinski definition) is 0. The first-order chi connectivity index (χ1) is 44.3. The smallest absolute Gasteiger partial charge is 0.145 e. The predicted octanol–water partition coefficient (Wildman–Crippen LogP) is 28.6. The van der Waals surface area contributed by atoms with Crippen molar-refractivity contribution in [2.45, 2.75) is 411 Å². The van der Waals surface area contributed by atoms with E-state index in [1.54, 1.807) is 12.1 Å². The summed E-state index contributed by atoms with van der Waals surface area (Å²) in [6, 6.07) is 19.8. The van der Waals surface area contributed by atoms with Crippen LogP contribution in [0, 0.1) is 32.4 Å². The van der Waals surface area contributed by atoms with Crippen molar-refractivity contribution < 1.29 is 8.78 Å². The van der Waals surface area contributed by atoms with E-state index in [1.165, 1.54) is 96.1 Å². The molecule has 2 aromatic carbocycles. The van der Waals surface area contributed by atoms with Crippen LogP contribution in [0.4, 0.5) is 8.78 Å². The molecule has 0 saturated carbocycles. The Kier molecular flexibility index (Phi) is 35.8. The van der Waals surface area contributed by atoms with Crippen molar-refractivity contribution in [2.24, 2.45) is 0 Å². The van der Waals surface area contributed by atoms with Gasteiger partial charge in [0.1, 0.15) is 11.6 Å². The largest absolute Gasteiger partial charge is 0.260 e. The second kappa shape index (κ2) is 38.4. The number of aryl methyl sites for hydroxylation is 3. The summed E-state index contributed by atoms with van der Waals surface area (Å²) in [5, 5.41) is 0. The number of aromatic nitrogens is 3. The van der Waals surface area contributed by atoms with E-state index in [-0.39, 0.29) is 55.0 Å². The lowest BCUT2D eigenvalue weighted by atomic mass is 9.72. The Hall–Kier alpha value is -4.25. The monoisotopic (exact) mass is 1310 g/mol. The van der Waals surface area contributed by atoms with Crippen molar-refractivity contribution in [3.8, 4) is 0 Å². The summed E-state index contributed by atoms with van der Waals surface area (Å²) in [6.07, 6.45) is 28.1. The summed E-state index contributed by atoms with van der Waals surface area (Å²) in [6.45, 7) is 73.9. The van der Waals surface area contributed by atoms with Crippen LogP contribution in [0.3, 0.4) is 0 Å². The van der Waals surface area contributed by atoms with Gasteiger partial charge in [-0.1, -0.05) is 238 Å². The second-order valence-electron chi connectivity index (χ2n) is 31.7. The number of halogens is 2. The topological polar surface area (TPSA) is 38.7 Å². The standard InChI is InChI=1S/C19H31F.C19H32.C18H31N.C17H28FN.C17H29N/c1-8-18(6,9-2)15-12-14(5)17(16(20)13-15)19(7,10-3)11-4;1-8-18(6,9-2)16-12-13-17(15(5)14-16)19(7,10-3)11-4;1-8-17(6,9-2)15-13-19-16(12-14(15)5)18(7,10-3)11-4;1-7-16(5,8-2)13-11-14(18)15(19-12-13)17(6,9-3)10-4;1-7-16(5,8-2)14-11-12-15(18-13-14)17(6,9-3)10-4/h12-13H,8-11H2,1-7H3;12-14H,8-11H2,1-7H3;12-13H,8-11H2,1-7H3;11-12H,7-10H2,1-6H3;11-13H,7-10H2,1-6H3. The van der Waals surface area contributed by atoms with Crippen LogP contribution in [-0.4, -0.2) is 15.0 Å². The number of pyridine rings is 3. The molecule has 5 aromatic rings. The fourth-order valence-electron chi connectivity index (χ4n) is 13.7. The maximum absolute atomic E-state index is 14.8. The van der Waals surface area contributed by atoms with Crippen LogP contribution in [0.2, 0.25) is 0 Å². The maximum Gasteiger partial charge on any atom is 0.145 e. The van der Waals surface area contributed by atoms with E-state index in [4.69, 9.17) is 9.97 Å². The van der Waals surface area contributed by atoms with Crippen LogP contribution in [0.25, 0.3) is 0 Å². The molecule has 0 saturated heterocycles. The normalized spacial score (nSPS) is 12.8. The van der Waals surface area contributed by atoms with Crippen molar-refractivity contribution in [3.63, 3.8) is 0 Å². The van der Waals surface area contributed by atoms with E-state index < -0.39 is 0 Å². The Labute approximate surface area is 589 Å². The molecule has 3 aromatic heterocycles. The van der Waals surface area contributed by atoms with Gasteiger partial charge >= 0.3 is 0 Å². The van der Waals surface area contributed by atoms with E-state index in [9.17, 15) is 8.78 Å². The van der Waals surface area contributed by atoms with E-state index in [2.05, 4.69) is 288 Å². The van der Waals surface area contributed by atoms with Crippen LogP contribution in [0.5, 0.6) is 0 Å². The summed E-state index contributed by atoms with van der Waals surface area (Å²) in [4.78, 5) is 14.0. The molecular weight excluding hydrogens is 1160 g/mol. The van der Waals surface area contributed by atoms with Crippen molar-refractivity contribution in [3.05, 3.63) is 158 Å². The lowest BCUT2D eigenvalue weighted by Crippen LogP contribution is -2.25. The fourth-order valence-corrected chi connectivity index (χ4v) is 13.7. The molecule has 0 aliphatic carbocycles. The third-order valence-corrected chi connectivity index (χ3v) is 27.3. The minimum absolute atomic E-state index is 0.0145. The van der Waals surface area contributed by atoms with Crippen LogP contribution < -0.4 is 0 Å². The van der Waals surface area contributed by atoms with E-state index >= 15 is 0 Å². The Bertz CT molecular complexity index is 2740. The van der Waals surface area contributed by atoms with Crippen molar-refractivity contribution >= 4 is 0 Å². The third-order valence-electron chi connectivity index (χ3n) is 27.3. The molecule has 3 heterocycles. The lowest BCUT2D eigenvalue weighted by molar-refractivity contribution is 0.392. The highest BCUT2D eigenvalue weighted by molar-refractivity contribution is 5.42. The lowest BCUT2D eigenvalue weighted by Gasteiger charge is -2.33. The second-order valence-corrected chi connectivity index (χ2v) is 31.7. The number of benzene rings is 2. The van der Waals surface area contributed by atoms with E-state index in [0.717, 1.165) is 99.3 Å². The van der Waals surface area contributed by atoms with Gasteiger partial charge in [0, 0.05) is 46.2 Å². The molecule has 5 heteroatoms. The molecule has 0 aliphatic heterocycles. The van der Waals surface area contributed by atoms with Crippen molar-refractivity contribution in [1.29, 1.82) is 0 Å². The van der Waals surface area contributed by atoms with Gasteiger partial charge in [0.15, 0.2) is 0 Å². The maximum atomic E-state index is 14.8. The van der Waals surface area contributed by atoms with Gasteiger partial charge in [-0.2, -0.15) is 0 Å². The number of nitrogens with zero attached hydrogens (tertiary/aromatic N) is 3. The van der Waals surface area contributed by atoms with Gasteiger partial charge < -0.3 is 0 Å². The van der Waals surface area contributed by atoms with Gasteiger partial charge in [-0.15, -0.1) is 0 Å². The Morgan fingerprint density at radius 1 is 0.253 bits per heavy atom. The fraction of sp³-hybridized carbons (Fsp3) is 0.700. The van der Waals surface area contributed by atoms with Gasteiger partial charge in [-0.3, -0.25) is 15.0 Å². The summed E-state index contributed by atoms with van der Waals surface area (Å²) in [5.74, 6) is -0.156. The minimum Gasteiger partial charge on any atom is -0.260 e. The highest BCUT2D eigenvalue weighted by atomic mass is 19.1. The number of rotatable bonds is 30. The van der Waals surface area contributed by atoms with Gasteiger partial charge in [0.2, 0.25) is 0 Å². The molecule has 3 nitrogen and oxygen atoms in total. The molecule has 0 bridgehead atoms. The molecule has 0 atom stereocenters. The average molecular weight is 1310 g/mol. The minimum atomic E-state index is -0.155. The molecule has 0 fully saturated rings. The molecule has 0 unspecified atom stereocenters. The molecule has 0 radical (unpaired) electrons. The molecule has 0 amide bonds. The molecule has 540 valence electrons. The van der Waals surface area contributed by atoms with Gasteiger partial charge in [0.05, 0.1) is 5.69 Å². The summed E-state index contributed by atoms with van der Waals surface area (Å²) in [5.41, 5.74) is 17.6. The Balaban J connectivity index is 0.000000594. The Morgan fingerprint density at radius 2 is 0.568 bits per heavy atom. The first-order valence-corrected chi connectivity index (χ1v) is 38.9. The van der Waals surface area contributed by atoms with Crippen LogP contribution >= 0.6 is 0 Å². The summed E-state index contributed by atoms with van der Waals surface area (Å²) >= 11 is 0. The Morgan fingerprint density at radius 3 is 0.926 bits per heavy atom. The van der Waals surface area contributed by atoms with E-state index in [0.29, 0.717) is 16.5 Å². The predicted molar refractivity (Wildman–Crippen MR) is 419 cm³/mol. The highest BCUT2D eigenvalue weighted by Crippen LogP contribution is 2.43. The SMILES string of the molecule is CCC(C)(CC)c1cc(C)c(C(C)(CC)CC)c(F)c1.CCC(C)(CC)c1cc(C)c(C(C)(CC)CC)cn1.CCC(C)(CC)c1ccc(C(C)(CC)CC)c(C)c1.CCC(C)(CC)c1ccc(C(C)(CC)CC)nc1.CCC(C)(CC)c1cnc(C(C)(CC)CC)c(F)c1. The molecule has 5 rings (SSSR count). The molecule has 95 heavy (non-hydrogen) atoms. The van der Waals surface area contributed by atoms with Crippen molar-refractivity contribution in [1.82, 2.24) is 15.0 Å². The first-order valence-electron chi connectivity index (χ1n) is 38.9.